The number of nitrogens with zero attached hydrogens (tertiary/aromatic N) is 1. The fourth-order valence-electron chi connectivity index (χ4n) is 2.87. The van der Waals surface area contributed by atoms with Crippen LogP contribution in [0.25, 0.3) is 0 Å². The number of hydrogen-bond donors (Lipinski definition) is 0. The number of likely N-dealkylation sites (N-methyl/N-ethyl adjacent to an activating group) is 1. The molecule has 3 rings (SSSR count). The van der Waals surface area contributed by atoms with E-state index >= 15 is 0 Å². The number of carbonyl (C=O) groups excluding carboxylic acids is 1. The van der Waals surface area contributed by atoms with Crippen LogP contribution in [0, 0.1) is 5.92 Å². The van der Waals surface area contributed by atoms with Gasteiger partial charge in [0.1, 0.15) is 12.2 Å². The molecule has 0 bridgehead atoms. The molecule has 0 aromatic heterocycles. The van der Waals surface area contributed by atoms with E-state index < -0.39 is 8.53 Å². The topological polar surface area (TPSA) is 57.2 Å². The number of ether oxygens (including phenoxy) is 2. The molecule has 1 aromatic rings. The number of esters is 1. The van der Waals surface area contributed by atoms with Gasteiger partial charge in [0.2, 0.25) is 0 Å². The molecule has 2 aliphatic rings. The van der Waals surface area contributed by atoms with Gasteiger partial charge in [-0.2, -0.15) is 0 Å². The largest absolute Gasteiger partial charge is 0.456 e. The van der Waals surface area contributed by atoms with Gasteiger partial charge in [0.05, 0.1) is 24.9 Å². The van der Waals surface area contributed by atoms with E-state index in [1.54, 1.807) is 12.1 Å². The highest BCUT2D eigenvalue weighted by Crippen LogP contribution is 2.46. The van der Waals surface area contributed by atoms with E-state index in [4.69, 9.17) is 18.5 Å². The second kappa shape index (κ2) is 10.3. The Kier molecular flexibility index (Phi) is 8.45. The minimum absolute atomic E-state index is 0.0159. The Morgan fingerprint density at radius 3 is 2.58 bits per heavy atom. The summed E-state index contributed by atoms with van der Waals surface area (Å²) < 4.78 is 25.2. The molecule has 26 heavy (non-hydrogen) atoms. The summed E-state index contributed by atoms with van der Waals surface area (Å²) in [6.45, 7) is 9.95. The lowest BCUT2D eigenvalue weighted by Gasteiger charge is -2.23. The third-order valence-corrected chi connectivity index (χ3v) is 6.04. The van der Waals surface area contributed by atoms with E-state index in [1.165, 1.54) is 0 Å². The van der Waals surface area contributed by atoms with Crippen LogP contribution in [0.2, 0.25) is 0 Å². The van der Waals surface area contributed by atoms with E-state index in [9.17, 15) is 4.79 Å². The van der Waals surface area contributed by atoms with Gasteiger partial charge < -0.3 is 18.5 Å². The predicted octanol–water partition coefficient (Wildman–Crippen LogP) is 3.87. The second-order valence-electron chi connectivity index (χ2n) is 6.22. The van der Waals surface area contributed by atoms with Gasteiger partial charge in [-0.25, -0.2) is 9.46 Å². The van der Waals surface area contributed by atoms with Gasteiger partial charge in [-0.1, -0.05) is 39.0 Å². The van der Waals surface area contributed by atoms with E-state index in [-0.39, 0.29) is 30.2 Å². The first-order valence-corrected chi connectivity index (χ1v) is 10.4. The Morgan fingerprint density at radius 2 is 1.96 bits per heavy atom. The summed E-state index contributed by atoms with van der Waals surface area (Å²) in [5.41, 5.74) is 0.548. The highest BCUT2D eigenvalue weighted by Gasteiger charge is 2.43. The van der Waals surface area contributed by atoms with Gasteiger partial charge in [-0.15, -0.1) is 0 Å². The normalized spacial score (nSPS) is 31.3. The van der Waals surface area contributed by atoms with Crippen molar-refractivity contribution in [3.8, 4) is 0 Å². The van der Waals surface area contributed by atoms with Crippen molar-refractivity contribution < 1.29 is 23.3 Å². The molecule has 2 aliphatic heterocycles. The average molecular weight is 383 g/mol. The van der Waals surface area contributed by atoms with Crippen LogP contribution in [0.15, 0.2) is 30.3 Å². The van der Waals surface area contributed by atoms with Gasteiger partial charge in [0.15, 0.2) is 0 Å². The summed E-state index contributed by atoms with van der Waals surface area (Å²) >= 11 is 0. The maximum Gasteiger partial charge on any atom is 0.338 e. The lowest BCUT2D eigenvalue weighted by atomic mass is 9.99. The molecular weight excluding hydrogens is 353 g/mol. The van der Waals surface area contributed by atoms with Crippen molar-refractivity contribution in [1.82, 2.24) is 4.67 Å². The van der Waals surface area contributed by atoms with Crippen molar-refractivity contribution in [2.45, 2.75) is 46.0 Å². The van der Waals surface area contributed by atoms with E-state index in [0.717, 1.165) is 6.54 Å². The van der Waals surface area contributed by atoms with Crippen LogP contribution in [0.5, 0.6) is 0 Å². The van der Waals surface area contributed by atoms with Crippen LogP contribution in [0.3, 0.4) is 0 Å². The Bertz CT molecular complexity index is 558. The van der Waals surface area contributed by atoms with Gasteiger partial charge >= 0.3 is 5.97 Å². The molecule has 0 amide bonds. The molecule has 2 heterocycles. The first kappa shape index (κ1) is 21.3. The number of hydrogen-bond acceptors (Lipinski definition) is 6. The van der Waals surface area contributed by atoms with Crippen molar-refractivity contribution in [3.63, 3.8) is 0 Å². The summed E-state index contributed by atoms with van der Waals surface area (Å²) in [5.74, 6) is -0.212. The highest BCUT2D eigenvalue weighted by molar-refractivity contribution is 7.44. The molecule has 146 valence electrons. The fraction of sp³-hybridized carbons (Fsp3) is 0.632. The van der Waals surface area contributed by atoms with Crippen LogP contribution < -0.4 is 0 Å². The summed E-state index contributed by atoms with van der Waals surface area (Å²) in [4.78, 5) is 12.4. The highest BCUT2D eigenvalue weighted by atomic mass is 31.2. The van der Waals surface area contributed by atoms with Gasteiger partial charge in [0, 0.05) is 12.5 Å². The maximum atomic E-state index is 12.4. The molecule has 6 nitrogen and oxygen atoms in total. The van der Waals surface area contributed by atoms with Crippen LogP contribution in [-0.4, -0.2) is 55.8 Å². The zero-order chi connectivity index (χ0) is 19.1. The van der Waals surface area contributed by atoms with Gasteiger partial charge in [-0.3, -0.25) is 0 Å². The predicted molar refractivity (Wildman–Crippen MR) is 102 cm³/mol. The quantitative estimate of drug-likeness (QED) is 0.568. The molecule has 1 aromatic carbocycles. The SMILES string of the molecule is CC.C[C@@H]1[C@H](OC(=O)c2ccccc2)[C@@H](COP2OCCN2C)O[C@H]1C. The Labute approximate surface area is 157 Å². The average Bonchev–Trinajstić information content (AvgIpc) is 3.20. The van der Waals surface area contributed by atoms with Crippen molar-refractivity contribution >= 4 is 14.5 Å². The zero-order valence-electron chi connectivity index (χ0n) is 16.3. The van der Waals surface area contributed by atoms with Crippen LogP contribution in [0.1, 0.15) is 38.1 Å². The molecule has 2 saturated heterocycles. The second-order valence-corrected chi connectivity index (χ2v) is 7.90. The van der Waals surface area contributed by atoms with E-state index in [0.29, 0.717) is 18.8 Å². The molecule has 5 atom stereocenters. The number of benzene rings is 1. The van der Waals surface area contributed by atoms with E-state index in [2.05, 4.69) is 4.67 Å². The Morgan fingerprint density at radius 1 is 1.27 bits per heavy atom. The lowest BCUT2D eigenvalue weighted by Crippen LogP contribution is -2.34. The monoisotopic (exact) mass is 383 g/mol. The molecule has 0 saturated carbocycles. The summed E-state index contributed by atoms with van der Waals surface area (Å²) in [7, 11) is 0.957. The molecule has 0 radical (unpaired) electrons. The first-order valence-electron chi connectivity index (χ1n) is 9.24. The third-order valence-electron chi connectivity index (χ3n) is 4.51. The minimum Gasteiger partial charge on any atom is -0.456 e. The lowest BCUT2D eigenvalue weighted by molar-refractivity contribution is -0.0278. The number of rotatable bonds is 5. The van der Waals surface area contributed by atoms with Crippen LogP contribution in [-0.2, 0) is 18.5 Å². The Hall–Kier alpha value is -1.04. The van der Waals surface area contributed by atoms with E-state index in [1.807, 2.05) is 52.9 Å². The smallest absolute Gasteiger partial charge is 0.338 e. The molecule has 2 fully saturated rings. The fourth-order valence-corrected chi connectivity index (χ4v) is 4.10. The van der Waals surface area contributed by atoms with Gasteiger partial charge in [0.25, 0.3) is 8.53 Å². The van der Waals surface area contributed by atoms with Crippen molar-refractivity contribution in [2.75, 3.05) is 26.8 Å². The van der Waals surface area contributed by atoms with Crippen LogP contribution >= 0.6 is 8.53 Å². The first-order chi connectivity index (χ1) is 12.6. The van der Waals surface area contributed by atoms with Crippen LogP contribution in [0.4, 0.5) is 0 Å². The molecule has 1 unspecified atom stereocenters. The maximum absolute atomic E-state index is 12.4. The minimum atomic E-state index is -1.02. The molecule has 7 heteroatoms. The summed E-state index contributed by atoms with van der Waals surface area (Å²) in [6, 6.07) is 9.02. The van der Waals surface area contributed by atoms with Crippen molar-refractivity contribution in [1.29, 1.82) is 0 Å². The van der Waals surface area contributed by atoms with Crippen molar-refractivity contribution in [2.24, 2.45) is 5.92 Å². The van der Waals surface area contributed by atoms with Gasteiger partial charge in [-0.05, 0) is 26.1 Å². The van der Waals surface area contributed by atoms with Crippen molar-refractivity contribution in [3.05, 3.63) is 35.9 Å². The third kappa shape index (κ3) is 5.24. The molecular formula is C19H30NO5P. The standard InChI is InChI=1S/C17H24NO5P.C2H6/c1-12-13(2)22-15(11-21-24-18(3)9-10-20-24)16(12)23-17(19)14-7-5-4-6-8-14;1-2/h4-8,12-13,15-16H,9-11H2,1-3H3;1-2H3/t12-,13-,15+,16-,24?;/m0./s1. The molecule has 0 aliphatic carbocycles. The number of carbonyl (C=O) groups is 1. The molecule has 0 spiro atoms. The summed E-state index contributed by atoms with van der Waals surface area (Å²) in [5, 5.41) is 0. The molecule has 0 N–H and O–H groups in total. The zero-order valence-corrected chi connectivity index (χ0v) is 17.1. The summed E-state index contributed by atoms with van der Waals surface area (Å²) in [6.07, 6.45) is -0.583. The Balaban J connectivity index is 0.00000117.